The van der Waals surface area contributed by atoms with Gasteiger partial charge < -0.3 is 5.32 Å². The number of aromatic nitrogens is 1. The summed E-state index contributed by atoms with van der Waals surface area (Å²) in [6.45, 7) is 0.372. The molecule has 2 rings (SSSR count). The second kappa shape index (κ2) is 5.73. The molecule has 0 radical (unpaired) electrons. The summed E-state index contributed by atoms with van der Waals surface area (Å²) in [4.78, 5) is 15.4. The summed E-state index contributed by atoms with van der Waals surface area (Å²) < 4.78 is 13.8. The second-order valence-corrected chi connectivity index (χ2v) is 4.52. The molecule has 1 aromatic carbocycles. The molecule has 92 valence electrons. The van der Waals surface area contributed by atoms with E-state index < -0.39 is 5.82 Å². The molecule has 3 nitrogen and oxygen atoms in total. The number of hydrogen-bond acceptors (Lipinski definition) is 2. The molecule has 1 heterocycles. The van der Waals surface area contributed by atoms with Crippen molar-refractivity contribution >= 4 is 21.8 Å². The highest BCUT2D eigenvalue weighted by atomic mass is 79.9. The average Bonchev–Trinajstić information content (AvgIpc) is 2.37. The van der Waals surface area contributed by atoms with Crippen LogP contribution in [0.1, 0.15) is 15.9 Å². The lowest BCUT2D eigenvalue weighted by Gasteiger charge is -2.06. The first-order chi connectivity index (χ1) is 8.66. The first kappa shape index (κ1) is 12.7. The molecule has 0 aliphatic rings. The lowest BCUT2D eigenvalue weighted by Crippen LogP contribution is -2.23. The molecule has 1 N–H and O–H groups in total. The van der Waals surface area contributed by atoms with Gasteiger partial charge in [-0.25, -0.2) is 4.39 Å². The van der Waals surface area contributed by atoms with Gasteiger partial charge in [-0.1, -0.05) is 34.1 Å². The van der Waals surface area contributed by atoms with E-state index in [1.807, 2.05) is 24.3 Å². The molecule has 0 saturated carbocycles. The maximum atomic E-state index is 12.9. The highest BCUT2D eigenvalue weighted by molar-refractivity contribution is 9.10. The van der Waals surface area contributed by atoms with Gasteiger partial charge in [-0.15, -0.1) is 0 Å². The molecule has 1 aromatic heterocycles. The highest BCUT2D eigenvalue weighted by Gasteiger charge is 2.07. The summed E-state index contributed by atoms with van der Waals surface area (Å²) in [6.07, 6.45) is 2.39. The number of carbonyl (C=O) groups is 1. The average molecular weight is 309 g/mol. The number of carbonyl (C=O) groups excluding carboxylic acids is 1. The molecule has 18 heavy (non-hydrogen) atoms. The minimum absolute atomic E-state index is 0.210. The van der Waals surface area contributed by atoms with Crippen LogP contribution < -0.4 is 5.32 Å². The second-order valence-electron chi connectivity index (χ2n) is 3.67. The van der Waals surface area contributed by atoms with E-state index in [1.54, 1.807) is 0 Å². The molecule has 0 aliphatic carbocycles. The Labute approximate surface area is 112 Å². The lowest BCUT2D eigenvalue weighted by atomic mass is 10.2. The number of pyridine rings is 1. The van der Waals surface area contributed by atoms with Crippen LogP contribution in [0.2, 0.25) is 0 Å². The highest BCUT2D eigenvalue weighted by Crippen LogP contribution is 2.15. The minimum atomic E-state index is -0.524. The van der Waals surface area contributed by atoms with Crippen LogP contribution in [0.3, 0.4) is 0 Å². The monoisotopic (exact) mass is 308 g/mol. The van der Waals surface area contributed by atoms with Crippen molar-refractivity contribution in [3.63, 3.8) is 0 Å². The van der Waals surface area contributed by atoms with Crippen molar-refractivity contribution in [2.75, 3.05) is 0 Å². The first-order valence-electron chi connectivity index (χ1n) is 5.29. The summed E-state index contributed by atoms with van der Waals surface area (Å²) in [5, 5.41) is 2.71. The largest absolute Gasteiger partial charge is 0.348 e. The molecule has 2 aromatic rings. The van der Waals surface area contributed by atoms with Gasteiger partial charge in [0.2, 0.25) is 0 Å². The van der Waals surface area contributed by atoms with Crippen LogP contribution >= 0.6 is 15.9 Å². The van der Waals surface area contributed by atoms with Gasteiger partial charge in [0.15, 0.2) is 0 Å². The van der Waals surface area contributed by atoms with Crippen molar-refractivity contribution in [3.05, 3.63) is 64.1 Å². The van der Waals surface area contributed by atoms with Crippen molar-refractivity contribution in [1.29, 1.82) is 0 Å². The standard InChI is InChI=1S/C13H10BrFN2O/c14-12-4-2-1-3-9(12)7-17-13(18)10-5-11(15)8-16-6-10/h1-6,8H,7H2,(H,17,18). The third kappa shape index (κ3) is 3.13. The number of halogens is 2. The van der Waals surface area contributed by atoms with Crippen molar-refractivity contribution < 1.29 is 9.18 Å². The summed E-state index contributed by atoms with van der Waals surface area (Å²) in [7, 11) is 0. The Morgan fingerprint density at radius 3 is 2.83 bits per heavy atom. The third-order valence-corrected chi connectivity index (χ3v) is 3.14. The predicted octanol–water partition coefficient (Wildman–Crippen LogP) is 2.91. The summed E-state index contributed by atoms with van der Waals surface area (Å²) in [6, 6.07) is 8.73. The first-order valence-corrected chi connectivity index (χ1v) is 6.08. The van der Waals surface area contributed by atoms with E-state index in [-0.39, 0.29) is 11.5 Å². The normalized spacial score (nSPS) is 10.1. The van der Waals surface area contributed by atoms with Crippen LogP contribution in [0, 0.1) is 5.82 Å². The number of hydrogen-bond donors (Lipinski definition) is 1. The van der Waals surface area contributed by atoms with Crippen molar-refractivity contribution in [2.24, 2.45) is 0 Å². The Bertz CT molecular complexity index is 574. The molecule has 5 heteroatoms. The summed E-state index contributed by atoms with van der Waals surface area (Å²) in [5.41, 5.74) is 1.16. The minimum Gasteiger partial charge on any atom is -0.348 e. The Balaban J connectivity index is 2.03. The van der Waals surface area contributed by atoms with Gasteiger partial charge in [0.1, 0.15) is 5.82 Å². The molecule has 0 saturated heterocycles. The zero-order valence-corrected chi connectivity index (χ0v) is 10.9. The molecule has 0 unspecified atom stereocenters. The molecule has 0 fully saturated rings. The Morgan fingerprint density at radius 1 is 1.33 bits per heavy atom. The van der Waals surface area contributed by atoms with Crippen molar-refractivity contribution in [2.45, 2.75) is 6.54 Å². The fraction of sp³-hybridized carbons (Fsp3) is 0.0769. The zero-order chi connectivity index (χ0) is 13.0. The quantitative estimate of drug-likeness (QED) is 0.947. The molecular formula is C13H10BrFN2O. The maximum Gasteiger partial charge on any atom is 0.253 e. The molecule has 0 spiro atoms. The van der Waals surface area contributed by atoms with Gasteiger partial charge in [-0.2, -0.15) is 0 Å². The zero-order valence-electron chi connectivity index (χ0n) is 9.36. The predicted molar refractivity (Wildman–Crippen MR) is 69.5 cm³/mol. The SMILES string of the molecule is O=C(NCc1ccccc1Br)c1cncc(F)c1. The summed E-state index contributed by atoms with van der Waals surface area (Å²) in [5.74, 6) is -0.874. The fourth-order valence-electron chi connectivity index (χ4n) is 1.46. The van der Waals surface area contributed by atoms with E-state index in [1.165, 1.54) is 6.20 Å². The molecule has 1 amide bonds. The number of nitrogens with zero attached hydrogens (tertiary/aromatic N) is 1. The van der Waals surface area contributed by atoms with Crippen LogP contribution in [0.25, 0.3) is 0 Å². The van der Waals surface area contributed by atoms with Gasteiger partial charge in [0.05, 0.1) is 11.8 Å². The van der Waals surface area contributed by atoms with Crippen molar-refractivity contribution in [1.82, 2.24) is 10.3 Å². The van der Waals surface area contributed by atoms with Gasteiger partial charge in [0.25, 0.3) is 5.91 Å². The van der Waals surface area contributed by atoms with Crippen LogP contribution in [0.4, 0.5) is 4.39 Å². The van der Waals surface area contributed by atoms with E-state index >= 15 is 0 Å². The molecule has 0 aliphatic heterocycles. The van der Waals surface area contributed by atoms with Gasteiger partial charge in [-0.3, -0.25) is 9.78 Å². The Hall–Kier alpha value is -1.75. The number of nitrogens with one attached hydrogen (secondary N) is 1. The van der Waals surface area contributed by atoms with E-state index in [0.717, 1.165) is 22.3 Å². The fourth-order valence-corrected chi connectivity index (χ4v) is 1.88. The lowest BCUT2D eigenvalue weighted by molar-refractivity contribution is 0.0950. The van der Waals surface area contributed by atoms with Crippen LogP contribution in [0.15, 0.2) is 47.2 Å². The van der Waals surface area contributed by atoms with E-state index in [2.05, 4.69) is 26.2 Å². The molecule has 0 atom stereocenters. The van der Waals surface area contributed by atoms with E-state index in [4.69, 9.17) is 0 Å². The van der Waals surface area contributed by atoms with Crippen LogP contribution in [0.5, 0.6) is 0 Å². The Morgan fingerprint density at radius 2 is 2.11 bits per heavy atom. The van der Waals surface area contributed by atoms with Crippen LogP contribution in [-0.4, -0.2) is 10.9 Å². The smallest absolute Gasteiger partial charge is 0.253 e. The molecular weight excluding hydrogens is 299 g/mol. The van der Waals surface area contributed by atoms with Gasteiger partial charge >= 0.3 is 0 Å². The topological polar surface area (TPSA) is 42.0 Å². The maximum absolute atomic E-state index is 12.9. The number of amides is 1. The molecule has 0 bridgehead atoms. The summed E-state index contributed by atoms with van der Waals surface area (Å²) >= 11 is 3.39. The van der Waals surface area contributed by atoms with Gasteiger partial charge in [-0.05, 0) is 17.7 Å². The van der Waals surface area contributed by atoms with E-state index in [0.29, 0.717) is 6.54 Å². The van der Waals surface area contributed by atoms with Gasteiger partial charge in [0, 0.05) is 17.2 Å². The number of rotatable bonds is 3. The van der Waals surface area contributed by atoms with E-state index in [9.17, 15) is 9.18 Å². The Kier molecular flexibility index (Phi) is 4.04. The number of benzene rings is 1. The third-order valence-electron chi connectivity index (χ3n) is 2.36. The van der Waals surface area contributed by atoms with Crippen molar-refractivity contribution in [3.8, 4) is 0 Å². The van der Waals surface area contributed by atoms with Crippen LogP contribution in [-0.2, 0) is 6.54 Å².